The summed E-state index contributed by atoms with van der Waals surface area (Å²) >= 11 is 0. The first-order valence-electron chi connectivity index (χ1n) is 42.3. The molecule has 10 heterocycles. The number of hydrogen-bond donors (Lipinski definition) is 34. The molecule has 58 nitrogen and oxygen atoms in total. The standard InChI is InChI=1S/C74H126N4O54/c1-17-36(93)45(102)51(108)68(114-17)128-60-34(77-21(5)90)66(121-30(14-86)58(60)126-70-53(110)47(104)39(96)25(9-81)116-70)131-63-49(106)41(98)27(11-83)118-73(63)113-16-32-43(100)62(55(112)72(123-32)125-57-29(13-85)120-65(33(44(57)101)76-20(4)89)124-56(24(92)8-80)38(95)23(7-79)75-19(3)88)130-74-64(50(107)42(99)28(12-84)119-74)132-67-35(78-22(6)91)61(129-69-52(109)46(103)37(94)18(2)115-69)59(31(15-87)122-67)127-71-54(111)48(105)40(97)26(10-82)117-71/h17-18,23-74,79-87,92-112H,7-16H2,1-6H3,(H,75,88)(H,76,89)(H,77,90)(H,78,91)/t17-,18-,23-,24+,25+,26+,27+,28+,29+,30+,31+,32+,33+,34+,35+,36+,37+,38+,39-,40-,41+,42+,43+,44+,45+,46+,47-,48-,49-,50-,51-,52+,53+,54+,55-,56+,57+,58+,59+,60+,61+,62-,63-,64-,65-,66-,67-,68-,69-,70-,71-,72-,73-,74+/m0/s1. The number of aliphatic hydroxyl groups is 30. The van der Waals surface area contributed by atoms with E-state index in [-0.39, 0.29) is 0 Å². The molecule has 58 heteroatoms. The molecule has 0 aromatic heterocycles. The minimum atomic E-state index is -2.71. The van der Waals surface area contributed by atoms with Crippen molar-refractivity contribution in [2.24, 2.45) is 0 Å². The second-order valence-electron chi connectivity index (χ2n) is 33.5. The van der Waals surface area contributed by atoms with E-state index in [9.17, 15) is 172 Å². The number of carbonyl (C=O) groups excluding carboxylic acids is 4. The van der Waals surface area contributed by atoms with E-state index in [0.29, 0.717) is 0 Å². The van der Waals surface area contributed by atoms with E-state index >= 15 is 0 Å². The Morgan fingerprint density at radius 1 is 0.273 bits per heavy atom. The lowest BCUT2D eigenvalue weighted by atomic mass is 9.93. The van der Waals surface area contributed by atoms with Crippen LogP contribution in [-0.4, -0.2) is 574 Å². The van der Waals surface area contributed by atoms with Crippen molar-refractivity contribution in [3.63, 3.8) is 0 Å². The molecule has 34 N–H and O–H groups in total. The number of aliphatic hydroxyl groups excluding tert-OH is 30. The molecule has 54 atom stereocenters. The van der Waals surface area contributed by atoms with Gasteiger partial charge in [0.15, 0.2) is 62.9 Å². The fourth-order valence-corrected chi connectivity index (χ4v) is 16.9. The molecule has 132 heavy (non-hydrogen) atoms. The van der Waals surface area contributed by atoms with Crippen molar-refractivity contribution in [2.45, 2.75) is 373 Å². The van der Waals surface area contributed by atoms with E-state index in [1.54, 1.807) is 0 Å². The second-order valence-corrected chi connectivity index (χ2v) is 33.5. The topological polar surface area (TPSA) is 908 Å². The van der Waals surface area contributed by atoms with Gasteiger partial charge >= 0.3 is 0 Å². The molecule has 0 spiro atoms. The molecule has 4 amide bonds. The number of rotatable bonds is 37. The zero-order chi connectivity index (χ0) is 97.5. The van der Waals surface area contributed by atoms with Crippen LogP contribution >= 0.6 is 0 Å². The smallest absolute Gasteiger partial charge is 0.217 e. The molecule has 10 aliphatic rings. The van der Waals surface area contributed by atoms with Gasteiger partial charge in [0.25, 0.3) is 0 Å². The van der Waals surface area contributed by atoms with E-state index in [0.717, 1.165) is 27.7 Å². The first-order valence-corrected chi connectivity index (χ1v) is 42.3. The van der Waals surface area contributed by atoms with Gasteiger partial charge in [-0.2, -0.15) is 0 Å². The number of carbonyl (C=O) groups is 4. The van der Waals surface area contributed by atoms with Gasteiger partial charge < -0.3 is 269 Å². The highest BCUT2D eigenvalue weighted by atomic mass is 16.8. The van der Waals surface area contributed by atoms with E-state index in [1.165, 1.54) is 13.8 Å². The highest BCUT2D eigenvalue weighted by Crippen LogP contribution is 2.42. The second kappa shape index (κ2) is 48.4. The van der Waals surface area contributed by atoms with Crippen molar-refractivity contribution in [3.8, 4) is 0 Å². The van der Waals surface area contributed by atoms with Crippen LogP contribution in [0.4, 0.5) is 0 Å². The molecule has 0 aromatic rings. The first-order chi connectivity index (χ1) is 62.4. The van der Waals surface area contributed by atoms with Crippen molar-refractivity contribution in [2.75, 3.05) is 66.1 Å². The van der Waals surface area contributed by atoms with Crippen molar-refractivity contribution in [1.29, 1.82) is 0 Å². The molecule has 10 aliphatic heterocycles. The largest absolute Gasteiger partial charge is 0.394 e. The summed E-state index contributed by atoms with van der Waals surface area (Å²) in [6.07, 6.45) is -108. The molecule has 766 valence electrons. The molecule has 0 aliphatic carbocycles. The Morgan fingerprint density at radius 2 is 0.583 bits per heavy atom. The van der Waals surface area contributed by atoms with Crippen LogP contribution in [-0.2, 0) is 114 Å². The van der Waals surface area contributed by atoms with Gasteiger partial charge in [0.2, 0.25) is 23.6 Å². The summed E-state index contributed by atoms with van der Waals surface area (Å²) in [7, 11) is 0. The molecule has 0 bridgehead atoms. The zero-order valence-corrected chi connectivity index (χ0v) is 71.5. The Labute approximate surface area is 748 Å². The minimum Gasteiger partial charge on any atom is -0.394 e. The number of hydrogen-bond acceptors (Lipinski definition) is 54. The first kappa shape index (κ1) is 110. The lowest BCUT2D eigenvalue weighted by molar-refractivity contribution is -0.404. The van der Waals surface area contributed by atoms with Crippen LogP contribution in [0.25, 0.3) is 0 Å². The van der Waals surface area contributed by atoms with Crippen molar-refractivity contribution < 1.29 is 267 Å². The molecule has 0 saturated carbocycles. The van der Waals surface area contributed by atoms with Crippen LogP contribution in [0, 0.1) is 0 Å². The Hall–Kier alpha value is -4.12. The third-order valence-electron chi connectivity index (χ3n) is 24.2. The van der Waals surface area contributed by atoms with Gasteiger partial charge in [0, 0.05) is 27.7 Å². The van der Waals surface area contributed by atoms with Gasteiger partial charge in [-0.05, 0) is 13.8 Å². The van der Waals surface area contributed by atoms with Crippen LogP contribution in [0.15, 0.2) is 0 Å². The van der Waals surface area contributed by atoms with Crippen LogP contribution < -0.4 is 21.3 Å². The average Bonchev–Trinajstić information content (AvgIpc) is 0.759. The predicted molar refractivity (Wildman–Crippen MR) is 408 cm³/mol. The van der Waals surface area contributed by atoms with Gasteiger partial charge in [-0.15, -0.1) is 0 Å². The van der Waals surface area contributed by atoms with Crippen molar-refractivity contribution in [3.05, 3.63) is 0 Å². The maximum atomic E-state index is 13.6. The SMILES string of the molecule is CC(=O)N[C@H]1[C@H](O[C@@H]([C@H](O)[C@H](CO)NC(C)=O)[C@H](O)CO)O[C@H](CO)[C@@H](O[C@@H]2O[C@H](CO[C@H]3O[C@H](CO)[C@@H](O)[C@H](O)[C@@H]3O[C@@H]3O[C@H](CO)[C@@H](O[C@@H]4O[C@H](CO)[C@H](O)[C@H](O)[C@H]4O)[C@H](O[C@@H]4O[C@@H](C)[C@@H](O)[C@@H](O)[C@@H]4O)[C@H]3NC(C)=O)[C@@H](O)[C@H](O[C@H]3O[C@H](CO)[C@@H](O)[C@H](O)[C@@H]3O[C@@H]3O[C@H](CO)[C@@H](O[C@@H]4O[C@H](CO)[C@H](O)[C@H](O)[C@H]4O)[C@H](O[C@@H]4O[C@@H](C)[C@@H](O)[C@@H](O)[C@H]4O)[C@H]3NC(C)=O)[C@@H]2O)[C@@H]1O. The Bertz CT molecular complexity index is 3560. The third-order valence-corrected chi connectivity index (χ3v) is 24.2. The third kappa shape index (κ3) is 24.5. The molecule has 10 fully saturated rings. The number of amides is 4. The maximum absolute atomic E-state index is 13.6. The Kier molecular flexibility index (Phi) is 40.3. The van der Waals surface area contributed by atoms with Crippen LogP contribution in [0.2, 0.25) is 0 Å². The molecule has 0 unspecified atom stereocenters. The van der Waals surface area contributed by atoms with E-state index in [4.69, 9.17) is 94.7 Å². The van der Waals surface area contributed by atoms with E-state index in [1.807, 2.05) is 0 Å². The van der Waals surface area contributed by atoms with Gasteiger partial charge in [0.1, 0.15) is 250 Å². The molecule has 0 aromatic carbocycles. The zero-order valence-electron chi connectivity index (χ0n) is 71.5. The van der Waals surface area contributed by atoms with Gasteiger partial charge in [-0.25, -0.2) is 0 Å². The monoisotopic (exact) mass is 1930 g/mol. The highest BCUT2D eigenvalue weighted by Gasteiger charge is 2.63. The molecule has 10 saturated heterocycles. The predicted octanol–water partition coefficient (Wildman–Crippen LogP) is -22.7. The summed E-state index contributed by atoms with van der Waals surface area (Å²) in [4.78, 5) is 52.5. The van der Waals surface area contributed by atoms with Crippen molar-refractivity contribution in [1.82, 2.24) is 21.3 Å². The van der Waals surface area contributed by atoms with E-state index in [2.05, 4.69) is 21.3 Å². The van der Waals surface area contributed by atoms with Crippen LogP contribution in [0.1, 0.15) is 41.5 Å². The summed E-state index contributed by atoms with van der Waals surface area (Å²) in [5.41, 5.74) is 0. The molecule has 10 rings (SSSR count). The number of ether oxygens (including phenoxy) is 20. The number of nitrogens with one attached hydrogen (secondary N) is 4. The average molecular weight is 1940 g/mol. The van der Waals surface area contributed by atoms with Gasteiger partial charge in [0.05, 0.1) is 84.3 Å². The van der Waals surface area contributed by atoms with Gasteiger partial charge in [-0.3, -0.25) is 19.2 Å². The summed E-state index contributed by atoms with van der Waals surface area (Å²) in [5, 5.41) is 346. The van der Waals surface area contributed by atoms with Gasteiger partial charge in [-0.1, -0.05) is 0 Å². The normalized spacial score (nSPS) is 47.8. The van der Waals surface area contributed by atoms with E-state index < -0.39 is 421 Å². The van der Waals surface area contributed by atoms with Crippen LogP contribution in [0.3, 0.4) is 0 Å². The Morgan fingerprint density at radius 3 is 0.977 bits per heavy atom. The highest BCUT2D eigenvalue weighted by molar-refractivity contribution is 5.74. The molecule has 0 radical (unpaired) electrons. The maximum Gasteiger partial charge on any atom is 0.217 e. The lowest BCUT2D eigenvalue weighted by Crippen LogP contribution is -2.71. The summed E-state index contributed by atoms with van der Waals surface area (Å²) in [6, 6.07) is -7.91. The quantitative estimate of drug-likeness (QED) is 0.0275. The summed E-state index contributed by atoms with van der Waals surface area (Å²) in [5.74, 6) is -3.95. The Balaban J connectivity index is 1.04. The fraction of sp³-hybridized carbons (Fsp3) is 0.946. The van der Waals surface area contributed by atoms with Crippen molar-refractivity contribution >= 4 is 23.6 Å². The molecular weight excluding hydrogens is 1810 g/mol. The van der Waals surface area contributed by atoms with Crippen LogP contribution in [0.5, 0.6) is 0 Å². The summed E-state index contributed by atoms with van der Waals surface area (Å²) in [6.45, 7) is -5.90. The fourth-order valence-electron chi connectivity index (χ4n) is 16.9. The minimum absolute atomic E-state index is 0.842. The molecular formula is C74H126N4O54. The lowest BCUT2D eigenvalue weighted by Gasteiger charge is -2.52. The summed E-state index contributed by atoms with van der Waals surface area (Å²) < 4.78 is 122.